The molecule has 2 aromatic carbocycles. The molecule has 2 N–H and O–H groups in total. The Hall–Kier alpha value is -3.98. The van der Waals surface area contributed by atoms with Gasteiger partial charge in [-0.05, 0) is 74.5 Å². The van der Waals surface area contributed by atoms with Crippen molar-refractivity contribution >= 4 is 40.9 Å². The van der Waals surface area contributed by atoms with E-state index in [0.29, 0.717) is 22.0 Å². The van der Waals surface area contributed by atoms with Crippen molar-refractivity contribution in [3.05, 3.63) is 83.3 Å². The smallest absolute Gasteiger partial charge is 0.291 e. The molecule has 9 heteroatoms. The van der Waals surface area contributed by atoms with E-state index in [4.69, 9.17) is 9.15 Å². The number of nitrogens with zero attached hydrogens (tertiary/aromatic N) is 1. The van der Waals surface area contributed by atoms with Crippen molar-refractivity contribution in [2.45, 2.75) is 24.8 Å². The average Bonchev–Trinajstić information content (AvgIpc) is 3.44. The first-order valence-electron chi connectivity index (χ1n) is 10.5. The highest BCUT2D eigenvalue weighted by Crippen LogP contribution is 2.37. The number of amides is 3. The topological polar surface area (TPSA) is 101 Å². The Balaban J connectivity index is 1.56. The van der Waals surface area contributed by atoms with E-state index in [0.717, 1.165) is 4.90 Å². The minimum absolute atomic E-state index is 0.210. The molecule has 0 radical (unpaired) electrons. The van der Waals surface area contributed by atoms with Gasteiger partial charge in [0.15, 0.2) is 5.76 Å². The summed E-state index contributed by atoms with van der Waals surface area (Å²) in [5.74, 6) is -0.187. The van der Waals surface area contributed by atoms with Gasteiger partial charge in [0.1, 0.15) is 16.4 Å². The molecule has 0 saturated heterocycles. The number of anilines is 2. The number of imide groups is 1. The van der Waals surface area contributed by atoms with Crippen molar-refractivity contribution in [2.75, 3.05) is 17.7 Å². The standard InChI is InChI=1S/C25H23N3O5S/c1-15(2)28-24(30)21(26-16-6-10-18(32-3)11-7-16)22(25(28)31)34-19-12-8-17(9-13-19)27-23(29)20-5-4-14-33-20/h4-15,26H,1-3H3,(H,27,29). The van der Waals surface area contributed by atoms with E-state index >= 15 is 0 Å². The van der Waals surface area contributed by atoms with Gasteiger partial charge < -0.3 is 19.8 Å². The Kier molecular flexibility index (Phi) is 6.74. The van der Waals surface area contributed by atoms with E-state index in [1.54, 1.807) is 81.6 Å². The minimum Gasteiger partial charge on any atom is -0.497 e. The molecule has 4 rings (SSSR count). The number of carbonyl (C=O) groups excluding carboxylic acids is 3. The second-order valence-corrected chi connectivity index (χ2v) is 8.77. The molecule has 0 saturated carbocycles. The Morgan fingerprint density at radius 2 is 1.65 bits per heavy atom. The predicted molar refractivity (Wildman–Crippen MR) is 130 cm³/mol. The van der Waals surface area contributed by atoms with Crippen molar-refractivity contribution in [3.8, 4) is 5.75 Å². The van der Waals surface area contributed by atoms with E-state index in [2.05, 4.69) is 10.6 Å². The van der Waals surface area contributed by atoms with Crippen LogP contribution in [0.5, 0.6) is 5.75 Å². The third-order valence-corrected chi connectivity index (χ3v) is 6.12. The lowest BCUT2D eigenvalue weighted by Gasteiger charge is -2.19. The molecule has 3 aromatic rings. The third kappa shape index (κ3) is 4.84. The molecule has 0 aliphatic carbocycles. The van der Waals surface area contributed by atoms with Gasteiger partial charge in [-0.15, -0.1) is 0 Å². The van der Waals surface area contributed by atoms with Crippen molar-refractivity contribution in [2.24, 2.45) is 0 Å². The number of furan rings is 1. The second kappa shape index (κ2) is 9.88. The van der Waals surface area contributed by atoms with E-state index in [9.17, 15) is 14.4 Å². The molecule has 174 valence electrons. The third-order valence-electron chi connectivity index (χ3n) is 5.03. The summed E-state index contributed by atoms with van der Waals surface area (Å²) in [6.45, 7) is 3.59. The van der Waals surface area contributed by atoms with Gasteiger partial charge in [0, 0.05) is 22.3 Å². The van der Waals surface area contributed by atoms with Gasteiger partial charge in [0.2, 0.25) is 0 Å². The van der Waals surface area contributed by atoms with Gasteiger partial charge in [-0.1, -0.05) is 11.8 Å². The number of nitrogens with one attached hydrogen (secondary N) is 2. The van der Waals surface area contributed by atoms with Gasteiger partial charge in [-0.25, -0.2) is 0 Å². The number of carbonyl (C=O) groups is 3. The molecule has 1 aliphatic rings. The lowest BCUT2D eigenvalue weighted by atomic mass is 10.3. The van der Waals surface area contributed by atoms with Gasteiger partial charge >= 0.3 is 0 Å². The monoisotopic (exact) mass is 477 g/mol. The number of benzene rings is 2. The van der Waals surface area contributed by atoms with Crippen LogP contribution in [0.4, 0.5) is 11.4 Å². The largest absolute Gasteiger partial charge is 0.497 e. The summed E-state index contributed by atoms with van der Waals surface area (Å²) in [7, 11) is 1.58. The lowest BCUT2D eigenvalue weighted by molar-refractivity contribution is -0.139. The molecule has 0 atom stereocenters. The maximum absolute atomic E-state index is 13.1. The van der Waals surface area contributed by atoms with Crippen LogP contribution in [-0.4, -0.2) is 35.8 Å². The zero-order chi connectivity index (χ0) is 24.2. The van der Waals surface area contributed by atoms with Gasteiger partial charge in [0.05, 0.1) is 13.4 Å². The van der Waals surface area contributed by atoms with E-state index in [1.807, 2.05) is 0 Å². The van der Waals surface area contributed by atoms with Crippen LogP contribution in [0.2, 0.25) is 0 Å². The first-order chi connectivity index (χ1) is 16.4. The van der Waals surface area contributed by atoms with Crippen molar-refractivity contribution in [1.82, 2.24) is 4.90 Å². The van der Waals surface area contributed by atoms with E-state index in [-0.39, 0.29) is 35.2 Å². The van der Waals surface area contributed by atoms with Crippen LogP contribution < -0.4 is 15.4 Å². The number of thioether (sulfide) groups is 1. The Morgan fingerprint density at radius 3 is 2.24 bits per heavy atom. The highest BCUT2D eigenvalue weighted by atomic mass is 32.2. The maximum atomic E-state index is 13.1. The molecule has 0 bridgehead atoms. The van der Waals surface area contributed by atoms with Crippen molar-refractivity contribution in [3.63, 3.8) is 0 Å². The van der Waals surface area contributed by atoms with Crippen LogP contribution in [0, 0.1) is 0 Å². The van der Waals surface area contributed by atoms with Crippen LogP contribution in [0.3, 0.4) is 0 Å². The van der Waals surface area contributed by atoms with Gasteiger partial charge in [0.25, 0.3) is 17.7 Å². The predicted octanol–water partition coefficient (Wildman–Crippen LogP) is 4.73. The Labute approximate surface area is 201 Å². The van der Waals surface area contributed by atoms with Gasteiger partial charge in [-0.2, -0.15) is 0 Å². The Morgan fingerprint density at radius 1 is 0.971 bits per heavy atom. The molecular weight excluding hydrogens is 454 g/mol. The summed E-state index contributed by atoms with van der Waals surface area (Å²) < 4.78 is 10.3. The maximum Gasteiger partial charge on any atom is 0.291 e. The van der Waals surface area contributed by atoms with Crippen LogP contribution in [-0.2, 0) is 9.59 Å². The first kappa shape index (κ1) is 23.2. The molecule has 2 heterocycles. The normalized spacial score (nSPS) is 13.6. The highest BCUT2D eigenvalue weighted by molar-refractivity contribution is 8.04. The van der Waals surface area contributed by atoms with Crippen molar-refractivity contribution < 1.29 is 23.5 Å². The zero-order valence-electron chi connectivity index (χ0n) is 18.8. The fourth-order valence-corrected chi connectivity index (χ4v) is 4.28. The molecule has 1 aromatic heterocycles. The summed E-state index contributed by atoms with van der Waals surface area (Å²) >= 11 is 1.19. The number of methoxy groups -OCH3 is 1. The van der Waals surface area contributed by atoms with E-state index < -0.39 is 0 Å². The highest BCUT2D eigenvalue weighted by Gasteiger charge is 2.40. The Bertz CT molecular complexity index is 1230. The first-order valence-corrected chi connectivity index (χ1v) is 11.3. The summed E-state index contributed by atoms with van der Waals surface area (Å²) in [5, 5.41) is 5.85. The second-order valence-electron chi connectivity index (χ2n) is 7.69. The van der Waals surface area contributed by atoms with E-state index in [1.165, 1.54) is 22.9 Å². The molecule has 3 amide bonds. The molecule has 34 heavy (non-hydrogen) atoms. The number of hydrogen-bond acceptors (Lipinski definition) is 7. The molecule has 0 unspecified atom stereocenters. The molecular formula is C25H23N3O5S. The fourth-order valence-electron chi connectivity index (χ4n) is 3.34. The van der Waals surface area contributed by atoms with Crippen LogP contribution in [0.1, 0.15) is 24.4 Å². The molecule has 0 fully saturated rings. The summed E-state index contributed by atoms with van der Waals surface area (Å²) in [5.41, 5.74) is 1.47. The van der Waals surface area contributed by atoms with Crippen LogP contribution in [0.25, 0.3) is 0 Å². The number of rotatable bonds is 8. The van der Waals surface area contributed by atoms with Crippen molar-refractivity contribution in [1.29, 1.82) is 0 Å². The summed E-state index contributed by atoms with van der Waals surface area (Å²) in [6, 6.07) is 17.0. The fraction of sp³-hybridized carbons (Fsp3) is 0.160. The van der Waals surface area contributed by atoms with Crippen LogP contribution in [0.15, 0.2) is 86.8 Å². The minimum atomic E-state index is -0.374. The summed E-state index contributed by atoms with van der Waals surface area (Å²) in [4.78, 5) is 40.6. The molecule has 0 spiro atoms. The number of hydrogen-bond donors (Lipinski definition) is 2. The lowest BCUT2D eigenvalue weighted by Crippen LogP contribution is -2.38. The quantitative estimate of drug-likeness (QED) is 0.452. The number of ether oxygens (including phenoxy) is 1. The molecule has 1 aliphatic heterocycles. The SMILES string of the molecule is COc1ccc(NC2=C(Sc3ccc(NC(=O)c4ccco4)cc3)C(=O)N(C(C)C)C2=O)cc1. The summed E-state index contributed by atoms with van der Waals surface area (Å²) in [6.07, 6.45) is 1.43. The average molecular weight is 478 g/mol. The van der Waals surface area contributed by atoms with Gasteiger partial charge in [-0.3, -0.25) is 19.3 Å². The van der Waals surface area contributed by atoms with Crippen LogP contribution >= 0.6 is 11.8 Å². The molecule has 8 nitrogen and oxygen atoms in total. The zero-order valence-corrected chi connectivity index (χ0v) is 19.6.